The molecule has 9 heteroatoms. The molecular formula is C52H95NO8. The van der Waals surface area contributed by atoms with Crippen molar-refractivity contribution in [2.45, 2.75) is 262 Å². The third-order valence-corrected chi connectivity index (χ3v) is 11.9. The number of rotatable bonds is 42. The van der Waals surface area contributed by atoms with Crippen molar-refractivity contribution in [3.8, 4) is 0 Å². The summed E-state index contributed by atoms with van der Waals surface area (Å²) in [5.41, 5.74) is 0. The second-order valence-corrected chi connectivity index (χ2v) is 17.6. The maximum Gasteiger partial charge on any atom is 0.220 e. The van der Waals surface area contributed by atoms with Crippen LogP contribution in [0.5, 0.6) is 0 Å². The molecule has 0 radical (unpaired) electrons. The normalized spacial score (nSPS) is 20.8. The Balaban J connectivity index is 2.30. The Bertz CT molecular complexity index is 1090. The van der Waals surface area contributed by atoms with Crippen LogP contribution in [-0.4, -0.2) is 87.5 Å². The van der Waals surface area contributed by atoms with E-state index >= 15 is 0 Å². The van der Waals surface area contributed by atoms with Crippen LogP contribution in [-0.2, 0) is 14.3 Å². The SMILES string of the molecule is CCCCCCC/C=C/CC/C=C/CC/C=C/C(O)C(COC1OC(CO)C(O)C(O)C1O)NC(=O)CCCCCCCCC/C=C\CCCCCCCCCCCCCC. The molecule has 1 amide bonds. The molecule has 0 aliphatic carbocycles. The van der Waals surface area contributed by atoms with Gasteiger partial charge in [0, 0.05) is 6.42 Å². The van der Waals surface area contributed by atoms with Crippen LogP contribution in [0, 0.1) is 0 Å². The highest BCUT2D eigenvalue weighted by molar-refractivity contribution is 5.76. The Hall–Kier alpha value is -1.85. The zero-order valence-electron chi connectivity index (χ0n) is 39.2. The molecule has 1 fully saturated rings. The van der Waals surface area contributed by atoms with Gasteiger partial charge in [0.1, 0.15) is 24.4 Å². The zero-order valence-corrected chi connectivity index (χ0v) is 39.2. The molecule has 61 heavy (non-hydrogen) atoms. The summed E-state index contributed by atoms with van der Waals surface area (Å²) in [6, 6.07) is -0.830. The monoisotopic (exact) mass is 862 g/mol. The molecule has 356 valence electrons. The number of nitrogens with one attached hydrogen (secondary N) is 1. The average molecular weight is 862 g/mol. The smallest absolute Gasteiger partial charge is 0.220 e. The van der Waals surface area contributed by atoms with Gasteiger partial charge < -0.3 is 40.3 Å². The van der Waals surface area contributed by atoms with Gasteiger partial charge in [0.2, 0.25) is 5.91 Å². The van der Waals surface area contributed by atoms with Gasteiger partial charge in [-0.2, -0.15) is 0 Å². The fraction of sp³-hybridized carbons (Fsp3) is 0.827. The lowest BCUT2D eigenvalue weighted by Crippen LogP contribution is -2.60. The summed E-state index contributed by atoms with van der Waals surface area (Å²) in [5.74, 6) is -0.196. The number of allylic oxidation sites excluding steroid dienone is 7. The molecular weight excluding hydrogens is 767 g/mol. The second-order valence-electron chi connectivity index (χ2n) is 17.6. The zero-order chi connectivity index (χ0) is 44.4. The summed E-state index contributed by atoms with van der Waals surface area (Å²) >= 11 is 0. The van der Waals surface area contributed by atoms with E-state index in [4.69, 9.17) is 9.47 Å². The van der Waals surface area contributed by atoms with Crippen molar-refractivity contribution in [3.63, 3.8) is 0 Å². The number of ether oxygens (including phenoxy) is 2. The van der Waals surface area contributed by atoms with E-state index in [2.05, 4.69) is 55.6 Å². The van der Waals surface area contributed by atoms with Gasteiger partial charge in [0.05, 0.1) is 25.4 Å². The molecule has 1 saturated heterocycles. The standard InChI is InChI=1S/C52H95NO8/c1-3-5-7-9-11-13-15-17-19-20-21-22-23-24-25-26-28-30-32-34-36-38-40-42-48(56)53-45(44-60-52-51(59)50(58)49(57)47(43-54)61-52)46(55)41-39-37-35-33-31-29-27-18-16-14-12-10-8-6-4-2/h16,18,24-25,31,33,39,41,45-47,49-52,54-55,57-59H,3-15,17,19-23,26-30,32,34-38,40,42-44H2,1-2H3,(H,53,56)/b18-16+,25-24-,33-31+,41-39+. The van der Waals surface area contributed by atoms with Crippen LogP contribution in [0.4, 0.5) is 0 Å². The lowest BCUT2D eigenvalue weighted by Gasteiger charge is -2.40. The first kappa shape index (κ1) is 57.2. The van der Waals surface area contributed by atoms with E-state index < -0.39 is 49.5 Å². The largest absolute Gasteiger partial charge is 0.394 e. The third-order valence-electron chi connectivity index (χ3n) is 11.9. The minimum Gasteiger partial charge on any atom is -0.394 e. The lowest BCUT2D eigenvalue weighted by atomic mass is 9.99. The van der Waals surface area contributed by atoms with Crippen molar-refractivity contribution in [3.05, 3.63) is 48.6 Å². The van der Waals surface area contributed by atoms with Crippen molar-refractivity contribution >= 4 is 5.91 Å². The highest BCUT2D eigenvalue weighted by Crippen LogP contribution is 2.22. The van der Waals surface area contributed by atoms with Gasteiger partial charge in [0.15, 0.2) is 6.29 Å². The molecule has 0 aromatic carbocycles. The molecule has 7 unspecified atom stereocenters. The van der Waals surface area contributed by atoms with Crippen LogP contribution in [0.25, 0.3) is 0 Å². The highest BCUT2D eigenvalue weighted by atomic mass is 16.7. The van der Waals surface area contributed by atoms with Gasteiger partial charge in [-0.05, 0) is 70.6 Å². The van der Waals surface area contributed by atoms with Crippen molar-refractivity contribution < 1.29 is 39.8 Å². The Morgan fingerprint density at radius 1 is 0.541 bits per heavy atom. The number of hydrogen-bond donors (Lipinski definition) is 6. The minimum atomic E-state index is -1.58. The maximum atomic E-state index is 13.0. The fourth-order valence-corrected chi connectivity index (χ4v) is 7.77. The van der Waals surface area contributed by atoms with E-state index in [0.717, 1.165) is 64.2 Å². The molecule has 0 spiro atoms. The number of hydrogen-bond acceptors (Lipinski definition) is 8. The van der Waals surface area contributed by atoms with Crippen LogP contribution in [0.2, 0.25) is 0 Å². The predicted octanol–water partition coefficient (Wildman–Crippen LogP) is 11.4. The van der Waals surface area contributed by atoms with Gasteiger partial charge in [-0.3, -0.25) is 4.79 Å². The number of unbranched alkanes of at least 4 members (excludes halogenated alkanes) is 26. The first-order valence-corrected chi connectivity index (χ1v) is 25.4. The molecule has 9 nitrogen and oxygen atoms in total. The molecule has 1 aliphatic rings. The molecule has 1 rings (SSSR count). The molecule has 6 N–H and O–H groups in total. The maximum absolute atomic E-state index is 13.0. The second kappa shape index (κ2) is 42.1. The molecule has 7 atom stereocenters. The van der Waals surface area contributed by atoms with Crippen LogP contribution in [0.3, 0.4) is 0 Å². The summed E-state index contributed by atoms with van der Waals surface area (Å²) in [5, 5.41) is 54.2. The number of carbonyl (C=O) groups excluding carboxylic acids is 1. The average Bonchev–Trinajstić information content (AvgIpc) is 3.26. The Morgan fingerprint density at radius 2 is 0.934 bits per heavy atom. The van der Waals surface area contributed by atoms with E-state index in [1.165, 1.54) is 135 Å². The van der Waals surface area contributed by atoms with E-state index in [0.29, 0.717) is 6.42 Å². The summed E-state index contributed by atoms with van der Waals surface area (Å²) in [4.78, 5) is 13.0. The quantitative estimate of drug-likeness (QED) is 0.0262. The summed E-state index contributed by atoms with van der Waals surface area (Å²) in [6.07, 6.45) is 47.4. The Morgan fingerprint density at radius 3 is 1.38 bits per heavy atom. The molecule has 0 bridgehead atoms. The first-order chi connectivity index (χ1) is 29.8. The van der Waals surface area contributed by atoms with Crippen LogP contribution >= 0.6 is 0 Å². The van der Waals surface area contributed by atoms with E-state index in [-0.39, 0.29) is 12.5 Å². The van der Waals surface area contributed by atoms with Crippen LogP contribution in [0.15, 0.2) is 48.6 Å². The van der Waals surface area contributed by atoms with E-state index in [9.17, 15) is 30.3 Å². The number of aliphatic hydroxyl groups is 5. The molecule has 1 aliphatic heterocycles. The van der Waals surface area contributed by atoms with Gasteiger partial charge in [-0.25, -0.2) is 0 Å². The van der Waals surface area contributed by atoms with Crippen LogP contribution < -0.4 is 5.32 Å². The van der Waals surface area contributed by atoms with Crippen molar-refractivity contribution in [1.29, 1.82) is 0 Å². The van der Waals surface area contributed by atoms with Gasteiger partial charge in [0.25, 0.3) is 0 Å². The van der Waals surface area contributed by atoms with Crippen molar-refractivity contribution in [2.75, 3.05) is 13.2 Å². The molecule has 1 heterocycles. The first-order valence-electron chi connectivity index (χ1n) is 25.4. The highest BCUT2D eigenvalue weighted by Gasteiger charge is 2.44. The number of amides is 1. The van der Waals surface area contributed by atoms with Crippen molar-refractivity contribution in [1.82, 2.24) is 5.32 Å². The van der Waals surface area contributed by atoms with Gasteiger partial charge in [-0.15, -0.1) is 0 Å². The van der Waals surface area contributed by atoms with Gasteiger partial charge >= 0.3 is 0 Å². The summed E-state index contributed by atoms with van der Waals surface area (Å²) in [6.45, 7) is 3.74. The topological polar surface area (TPSA) is 149 Å². The lowest BCUT2D eigenvalue weighted by molar-refractivity contribution is -0.302. The fourth-order valence-electron chi connectivity index (χ4n) is 7.77. The van der Waals surface area contributed by atoms with Crippen LogP contribution in [0.1, 0.15) is 219 Å². The van der Waals surface area contributed by atoms with Crippen molar-refractivity contribution in [2.24, 2.45) is 0 Å². The van der Waals surface area contributed by atoms with Gasteiger partial charge in [-0.1, -0.05) is 191 Å². The molecule has 0 saturated carbocycles. The predicted molar refractivity (Wildman–Crippen MR) is 253 cm³/mol. The summed E-state index contributed by atoms with van der Waals surface area (Å²) in [7, 11) is 0. The minimum absolute atomic E-state index is 0.196. The number of carbonyl (C=O) groups is 1. The third kappa shape index (κ3) is 32.5. The Labute approximate surface area is 373 Å². The van der Waals surface area contributed by atoms with E-state index in [1.807, 2.05) is 6.08 Å². The molecule has 0 aromatic rings. The summed E-state index contributed by atoms with van der Waals surface area (Å²) < 4.78 is 11.2. The number of aliphatic hydroxyl groups excluding tert-OH is 5. The Kier molecular flexibility index (Phi) is 39.5. The van der Waals surface area contributed by atoms with E-state index in [1.54, 1.807) is 6.08 Å². The molecule has 0 aromatic heterocycles.